The van der Waals surface area contributed by atoms with Gasteiger partial charge < -0.3 is 10.6 Å². The number of anilines is 2. The van der Waals surface area contributed by atoms with Crippen molar-refractivity contribution in [1.29, 1.82) is 0 Å². The first-order chi connectivity index (χ1) is 15.4. The van der Waals surface area contributed by atoms with Gasteiger partial charge in [0, 0.05) is 20.1 Å². The van der Waals surface area contributed by atoms with Crippen molar-refractivity contribution < 1.29 is 0 Å². The Kier molecular flexibility index (Phi) is 5.83. The fourth-order valence-corrected chi connectivity index (χ4v) is 7.05. The molecule has 10 heteroatoms. The van der Waals surface area contributed by atoms with E-state index in [1.165, 1.54) is 25.7 Å². The van der Waals surface area contributed by atoms with Crippen LogP contribution in [0.25, 0.3) is 10.7 Å². The lowest BCUT2D eigenvalue weighted by Crippen LogP contribution is -2.23. The first kappa shape index (κ1) is 21.6. The van der Waals surface area contributed by atoms with Crippen LogP contribution in [0.5, 0.6) is 0 Å². The number of nitrogens with two attached hydrogens (primary N) is 1. The number of hydrogen-bond donors (Lipinski definition) is 1. The number of rotatable bonds is 7. The second kappa shape index (κ2) is 8.62. The molecule has 3 heterocycles. The average molecular weight is 471 g/mol. The van der Waals surface area contributed by atoms with E-state index >= 15 is 0 Å². The highest BCUT2D eigenvalue weighted by atomic mass is 32.2. The molecule has 3 aromatic rings. The van der Waals surface area contributed by atoms with Crippen LogP contribution in [-0.2, 0) is 0 Å². The minimum Gasteiger partial charge on any atom is -0.368 e. The number of nitrogens with zero attached hydrogens (tertiary/aromatic N) is 7. The van der Waals surface area contributed by atoms with Gasteiger partial charge in [-0.05, 0) is 62.3 Å². The summed E-state index contributed by atoms with van der Waals surface area (Å²) in [5, 5.41) is 12.3. The topological polar surface area (TPSA) is 98.6 Å². The van der Waals surface area contributed by atoms with E-state index in [9.17, 15) is 0 Å². The molecule has 0 spiro atoms. The van der Waals surface area contributed by atoms with Crippen LogP contribution >= 0.6 is 23.1 Å². The second-order valence-corrected chi connectivity index (χ2v) is 11.5. The fraction of sp³-hybridized carbons (Fsp3) is 0.591. The summed E-state index contributed by atoms with van der Waals surface area (Å²) in [6.07, 6.45) is 5.49. The molecule has 2 saturated carbocycles. The number of aromatic nitrogens is 6. The minimum atomic E-state index is -0.0367. The quantitative estimate of drug-likeness (QED) is 0.497. The van der Waals surface area contributed by atoms with E-state index < -0.39 is 0 Å². The van der Waals surface area contributed by atoms with E-state index in [0.29, 0.717) is 23.7 Å². The number of thioether (sulfide) groups is 1. The van der Waals surface area contributed by atoms with Crippen molar-refractivity contribution in [2.75, 3.05) is 24.7 Å². The van der Waals surface area contributed by atoms with Crippen LogP contribution in [0.15, 0.2) is 22.7 Å². The van der Waals surface area contributed by atoms with Gasteiger partial charge in [0.05, 0.1) is 10.1 Å². The predicted octanol–water partition coefficient (Wildman–Crippen LogP) is 4.69. The first-order valence-electron chi connectivity index (χ1n) is 11.2. The maximum atomic E-state index is 5.96. The van der Waals surface area contributed by atoms with E-state index in [0.717, 1.165) is 27.7 Å². The summed E-state index contributed by atoms with van der Waals surface area (Å²) in [6, 6.07) is 4.56. The van der Waals surface area contributed by atoms with Crippen molar-refractivity contribution in [3.8, 4) is 10.7 Å². The van der Waals surface area contributed by atoms with Gasteiger partial charge in [-0.15, -0.1) is 21.5 Å². The zero-order chi connectivity index (χ0) is 22.4. The largest absolute Gasteiger partial charge is 0.368 e. The molecule has 0 saturated heterocycles. The molecule has 3 aromatic heterocycles. The Hall–Kier alpha value is -2.20. The molecular weight excluding hydrogens is 440 g/mol. The molecule has 0 amide bonds. The number of nitrogen functional groups attached to an aromatic ring is 1. The molecule has 170 valence electrons. The van der Waals surface area contributed by atoms with Crippen molar-refractivity contribution in [2.45, 2.75) is 56.0 Å². The maximum Gasteiger partial charge on any atom is 0.229 e. The summed E-state index contributed by atoms with van der Waals surface area (Å²) in [7, 11) is 3.80. The summed E-state index contributed by atoms with van der Waals surface area (Å²) in [5.41, 5.74) is 5.96. The SMILES string of the molecule is CC(Sc1nnc(-c2cccs2)n1C(C)C1CC2CCC1C2)c1nc(N)nc(N(C)C)n1. The molecule has 5 atom stereocenters. The molecule has 5 rings (SSSR count). The lowest BCUT2D eigenvalue weighted by atomic mass is 9.84. The van der Waals surface area contributed by atoms with Gasteiger partial charge in [0.2, 0.25) is 11.9 Å². The van der Waals surface area contributed by atoms with Crippen LogP contribution in [0.4, 0.5) is 11.9 Å². The van der Waals surface area contributed by atoms with Gasteiger partial charge in [0.1, 0.15) is 5.82 Å². The van der Waals surface area contributed by atoms with E-state index in [-0.39, 0.29) is 11.2 Å². The lowest BCUT2D eigenvalue weighted by molar-refractivity contribution is 0.235. The Morgan fingerprint density at radius 2 is 2.00 bits per heavy atom. The summed E-state index contributed by atoms with van der Waals surface area (Å²) in [5.74, 6) is 4.85. The molecule has 0 radical (unpaired) electrons. The summed E-state index contributed by atoms with van der Waals surface area (Å²) in [6.45, 7) is 4.44. The second-order valence-electron chi connectivity index (χ2n) is 9.24. The molecule has 32 heavy (non-hydrogen) atoms. The zero-order valence-corrected chi connectivity index (χ0v) is 20.6. The van der Waals surface area contributed by atoms with Gasteiger partial charge in [-0.25, -0.2) is 0 Å². The van der Waals surface area contributed by atoms with E-state index in [2.05, 4.69) is 61.1 Å². The van der Waals surface area contributed by atoms with E-state index in [1.807, 2.05) is 19.0 Å². The number of hydrogen-bond acceptors (Lipinski definition) is 9. The highest BCUT2D eigenvalue weighted by Crippen LogP contribution is 2.53. The average Bonchev–Trinajstić information content (AvgIpc) is 3.56. The van der Waals surface area contributed by atoms with Crippen LogP contribution in [0, 0.1) is 17.8 Å². The van der Waals surface area contributed by atoms with Crippen LogP contribution in [0.1, 0.15) is 56.6 Å². The molecule has 5 unspecified atom stereocenters. The Balaban J connectivity index is 1.48. The standard InChI is InChI=1S/C22H30N8S2/c1-12(16-11-14-7-8-15(16)10-14)30-19(17-6-5-9-31-17)27-28-22(30)32-13(2)18-24-20(23)26-21(25-18)29(3)4/h5-6,9,12-16H,7-8,10-11H2,1-4H3,(H2,23,24,25,26). The van der Waals surface area contributed by atoms with Gasteiger partial charge in [0.25, 0.3) is 0 Å². The Morgan fingerprint density at radius 3 is 2.66 bits per heavy atom. The van der Waals surface area contributed by atoms with Crippen LogP contribution in [-0.4, -0.2) is 43.8 Å². The van der Waals surface area contributed by atoms with Crippen molar-refractivity contribution in [2.24, 2.45) is 17.8 Å². The van der Waals surface area contributed by atoms with Gasteiger partial charge in [-0.2, -0.15) is 15.0 Å². The van der Waals surface area contributed by atoms with Crippen LogP contribution in [0.2, 0.25) is 0 Å². The molecule has 0 aromatic carbocycles. The highest BCUT2D eigenvalue weighted by Gasteiger charge is 2.43. The van der Waals surface area contributed by atoms with Gasteiger partial charge in [0.15, 0.2) is 11.0 Å². The molecule has 2 bridgehead atoms. The molecule has 2 aliphatic carbocycles. The first-order valence-corrected chi connectivity index (χ1v) is 13.0. The monoisotopic (exact) mass is 470 g/mol. The molecule has 2 aliphatic rings. The minimum absolute atomic E-state index is 0.0367. The molecule has 2 N–H and O–H groups in total. The van der Waals surface area contributed by atoms with Crippen molar-refractivity contribution in [1.82, 2.24) is 29.7 Å². The molecule has 8 nitrogen and oxygen atoms in total. The normalized spacial score (nSPS) is 24.1. The zero-order valence-electron chi connectivity index (χ0n) is 19.0. The predicted molar refractivity (Wildman–Crippen MR) is 130 cm³/mol. The Labute approximate surface area is 197 Å². The van der Waals surface area contributed by atoms with Crippen LogP contribution < -0.4 is 10.6 Å². The van der Waals surface area contributed by atoms with E-state index in [1.54, 1.807) is 23.1 Å². The lowest BCUT2D eigenvalue weighted by Gasteiger charge is -2.30. The summed E-state index contributed by atoms with van der Waals surface area (Å²) >= 11 is 3.36. The van der Waals surface area contributed by atoms with Crippen molar-refractivity contribution >= 4 is 35.0 Å². The summed E-state index contributed by atoms with van der Waals surface area (Å²) < 4.78 is 2.37. The third kappa shape index (κ3) is 3.98. The molecular formula is C22H30N8S2. The van der Waals surface area contributed by atoms with Crippen molar-refractivity contribution in [3.05, 3.63) is 23.3 Å². The summed E-state index contributed by atoms with van der Waals surface area (Å²) in [4.78, 5) is 16.2. The smallest absolute Gasteiger partial charge is 0.229 e. The Bertz CT molecular complexity index is 1080. The third-order valence-electron chi connectivity index (χ3n) is 6.93. The van der Waals surface area contributed by atoms with Gasteiger partial charge >= 0.3 is 0 Å². The highest BCUT2D eigenvalue weighted by molar-refractivity contribution is 7.99. The molecule has 0 aliphatic heterocycles. The van der Waals surface area contributed by atoms with Crippen LogP contribution in [0.3, 0.4) is 0 Å². The van der Waals surface area contributed by atoms with Gasteiger partial charge in [-0.3, -0.25) is 4.57 Å². The van der Waals surface area contributed by atoms with E-state index in [4.69, 9.17) is 5.73 Å². The fourth-order valence-electron chi connectivity index (χ4n) is 5.36. The van der Waals surface area contributed by atoms with Crippen molar-refractivity contribution in [3.63, 3.8) is 0 Å². The number of thiophene rings is 1. The van der Waals surface area contributed by atoms with Gasteiger partial charge in [-0.1, -0.05) is 24.2 Å². The Morgan fingerprint density at radius 1 is 1.16 bits per heavy atom. The maximum absolute atomic E-state index is 5.96. The third-order valence-corrected chi connectivity index (χ3v) is 8.85. The number of fused-ring (bicyclic) bond motifs is 2. The molecule has 2 fully saturated rings.